The lowest BCUT2D eigenvalue weighted by atomic mass is 10.3. The minimum absolute atomic E-state index is 0.236. The van der Waals surface area contributed by atoms with Crippen LogP contribution >= 0.6 is 11.6 Å². The SMILES string of the molecule is C=CC(=O)Nc1cc(F)cc(Cl)c1. The third-order valence-corrected chi connectivity index (χ3v) is 1.53. The second kappa shape index (κ2) is 4.05. The molecule has 0 saturated carbocycles. The fraction of sp³-hybridized carbons (Fsp3) is 0. The average Bonchev–Trinajstić information content (AvgIpc) is 2.02. The molecular formula is C9H7ClFNO. The summed E-state index contributed by atoms with van der Waals surface area (Å²) in [6, 6.07) is 3.78. The number of hydrogen-bond acceptors (Lipinski definition) is 1. The van der Waals surface area contributed by atoms with Crippen LogP contribution in [0.15, 0.2) is 30.9 Å². The first-order chi connectivity index (χ1) is 6.11. The van der Waals surface area contributed by atoms with Crippen LogP contribution in [0.2, 0.25) is 5.02 Å². The molecular weight excluding hydrogens is 193 g/mol. The van der Waals surface area contributed by atoms with Crippen molar-refractivity contribution in [1.29, 1.82) is 0 Å². The standard InChI is InChI=1S/C9H7ClFNO/c1-2-9(13)12-8-4-6(10)3-7(11)5-8/h2-5H,1H2,(H,12,13). The predicted molar refractivity (Wildman–Crippen MR) is 50.2 cm³/mol. The number of carbonyl (C=O) groups excluding carboxylic acids is 1. The van der Waals surface area contributed by atoms with Crippen LogP contribution in [-0.4, -0.2) is 5.91 Å². The number of benzene rings is 1. The second-order valence-corrected chi connectivity index (χ2v) is 2.79. The van der Waals surface area contributed by atoms with Crippen LogP contribution < -0.4 is 5.32 Å². The van der Waals surface area contributed by atoms with Gasteiger partial charge in [-0.15, -0.1) is 0 Å². The summed E-state index contributed by atoms with van der Waals surface area (Å²) in [5, 5.41) is 2.63. The first-order valence-electron chi connectivity index (χ1n) is 3.51. The monoisotopic (exact) mass is 199 g/mol. The number of hydrogen-bond donors (Lipinski definition) is 1. The van der Waals surface area contributed by atoms with Crippen molar-refractivity contribution in [3.05, 3.63) is 41.7 Å². The predicted octanol–water partition coefficient (Wildman–Crippen LogP) is 2.60. The van der Waals surface area contributed by atoms with Crippen molar-refractivity contribution < 1.29 is 9.18 Å². The average molecular weight is 200 g/mol. The van der Waals surface area contributed by atoms with Crippen LogP contribution in [0, 0.1) is 5.82 Å². The number of anilines is 1. The minimum atomic E-state index is -0.494. The summed E-state index contributed by atoms with van der Waals surface area (Å²) < 4.78 is 12.7. The van der Waals surface area contributed by atoms with Gasteiger partial charge in [0.15, 0.2) is 0 Å². The molecule has 0 aliphatic carbocycles. The molecule has 1 N–H and O–H groups in total. The lowest BCUT2D eigenvalue weighted by molar-refractivity contribution is -0.111. The molecule has 4 heteroatoms. The van der Waals surface area contributed by atoms with E-state index in [1.165, 1.54) is 12.1 Å². The van der Waals surface area contributed by atoms with E-state index in [-0.39, 0.29) is 5.02 Å². The molecule has 0 bridgehead atoms. The zero-order valence-electron chi connectivity index (χ0n) is 6.68. The normalized spacial score (nSPS) is 9.38. The van der Waals surface area contributed by atoms with Crippen LogP contribution in [0.5, 0.6) is 0 Å². The van der Waals surface area contributed by atoms with E-state index >= 15 is 0 Å². The Morgan fingerprint density at radius 3 is 2.77 bits per heavy atom. The van der Waals surface area contributed by atoms with E-state index in [2.05, 4.69) is 11.9 Å². The van der Waals surface area contributed by atoms with Gasteiger partial charge in [-0.2, -0.15) is 0 Å². The van der Waals surface area contributed by atoms with Crippen LogP contribution in [0.4, 0.5) is 10.1 Å². The van der Waals surface area contributed by atoms with Gasteiger partial charge in [0.2, 0.25) is 5.91 Å². The summed E-state index contributed by atoms with van der Waals surface area (Å²) in [5.74, 6) is -0.895. The fourth-order valence-corrected chi connectivity index (χ4v) is 1.04. The highest BCUT2D eigenvalue weighted by Crippen LogP contribution is 2.17. The van der Waals surface area contributed by atoms with E-state index in [9.17, 15) is 9.18 Å². The molecule has 0 unspecified atom stereocenters. The van der Waals surface area contributed by atoms with Gasteiger partial charge < -0.3 is 5.32 Å². The van der Waals surface area contributed by atoms with Gasteiger partial charge in [-0.3, -0.25) is 4.79 Å². The molecule has 0 aliphatic heterocycles. The second-order valence-electron chi connectivity index (χ2n) is 2.35. The molecule has 0 spiro atoms. The van der Waals surface area contributed by atoms with Crippen molar-refractivity contribution in [3.8, 4) is 0 Å². The Hall–Kier alpha value is -1.35. The van der Waals surface area contributed by atoms with E-state index in [4.69, 9.17) is 11.6 Å². The third-order valence-electron chi connectivity index (χ3n) is 1.32. The Balaban J connectivity index is 2.89. The maximum Gasteiger partial charge on any atom is 0.247 e. The highest BCUT2D eigenvalue weighted by Gasteiger charge is 2.00. The molecule has 13 heavy (non-hydrogen) atoms. The zero-order valence-corrected chi connectivity index (χ0v) is 7.44. The van der Waals surface area contributed by atoms with Crippen molar-refractivity contribution in [3.63, 3.8) is 0 Å². The molecule has 0 saturated heterocycles. The van der Waals surface area contributed by atoms with Crippen LogP contribution in [0.3, 0.4) is 0 Å². The number of rotatable bonds is 2. The molecule has 0 atom stereocenters. The van der Waals surface area contributed by atoms with E-state index in [1.807, 2.05) is 0 Å². The Morgan fingerprint density at radius 1 is 1.54 bits per heavy atom. The fourth-order valence-electron chi connectivity index (χ4n) is 0.819. The minimum Gasteiger partial charge on any atom is -0.322 e. The van der Waals surface area contributed by atoms with E-state index in [0.29, 0.717) is 5.69 Å². The van der Waals surface area contributed by atoms with Crippen LogP contribution in [0.1, 0.15) is 0 Å². The highest BCUT2D eigenvalue weighted by molar-refractivity contribution is 6.30. The van der Waals surface area contributed by atoms with Crippen LogP contribution in [0.25, 0.3) is 0 Å². The summed E-state index contributed by atoms with van der Waals surface area (Å²) in [6.07, 6.45) is 1.10. The Morgan fingerprint density at radius 2 is 2.23 bits per heavy atom. The van der Waals surface area contributed by atoms with Crippen molar-refractivity contribution >= 4 is 23.2 Å². The highest BCUT2D eigenvalue weighted by atomic mass is 35.5. The number of halogens is 2. The molecule has 1 aromatic carbocycles. The molecule has 1 amide bonds. The van der Waals surface area contributed by atoms with Gasteiger partial charge in [-0.25, -0.2) is 4.39 Å². The lowest BCUT2D eigenvalue weighted by Crippen LogP contribution is -2.07. The van der Waals surface area contributed by atoms with Gasteiger partial charge in [-0.05, 0) is 24.3 Å². The Labute approximate surface area is 80.0 Å². The Bertz CT molecular complexity index is 331. The van der Waals surface area contributed by atoms with Gasteiger partial charge in [0, 0.05) is 10.7 Å². The Kier molecular flexibility index (Phi) is 3.03. The molecule has 68 valence electrons. The lowest BCUT2D eigenvalue weighted by Gasteiger charge is -2.02. The van der Waals surface area contributed by atoms with Gasteiger partial charge in [0.05, 0.1) is 0 Å². The van der Waals surface area contributed by atoms with Crippen molar-refractivity contribution in [2.45, 2.75) is 0 Å². The first kappa shape index (κ1) is 9.74. The number of amides is 1. The summed E-state index contributed by atoms with van der Waals surface area (Å²) in [5.41, 5.74) is 0.315. The zero-order chi connectivity index (χ0) is 9.84. The number of nitrogens with one attached hydrogen (secondary N) is 1. The quantitative estimate of drug-likeness (QED) is 0.729. The summed E-state index contributed by atoms with van der Waals surface area (Å²) in [6.45, 7) is 3.26. The molecule has 0 fully saturated rings. The van der Waals surface area contributed by atoms with E-state index in [0.717, 1.165) is 12.1 Å². The first-order valence-corrected chi connectivity index (χ1v) is 3.89. The molecule has 0 heterocycles. The molecule has 2 nitrogen and oxygen atoms in total. The van der Waals surface area contributed by atoms with Crippen molar-refractivity contribution in [2.75, 3.05) is 5.32 Å². The maximum atomic E-state index is 12.7. The third kappa shape index (κ3) is 2.87. The van der Waals surface area contributed by atoms with Gasteiger partial charge in [0.25, 0.3) is 0 Å². The van der Waals surface area contributed by atoms with Gasteiger partial charge in [0.1, 0.15) is 5.82 Å². The van der Waals surface area contributed by atoms with Crippen molar-refractivity contribution in [2.24, 2.45) is 0 Å². The van der Waals surface area contributed by atoms with Crippen molar-refractivity contribution in [1.82, 2.24) is 0 Å². The topological polar surface area (TPSA) is 29.1 Å². The number of carbonyl (C=O) groups is 1. The molecule has 0 aliphatic rings. The molecule has 0 radical (unpaired) electrons. The van der Waals surface area contributed by atoms with E-state index in [1.54, 1.807) is 0 Å². The van der Waals surface area contributed by atoms with Crippen LogP contribution in [-0.2, 0) is 4.79 Å². The van der Waals surface area contributed by atoms with Gasteiger partial charge in [-0.1, -0.05) is 18.2 Å². The molecule has 0 aromatic heterocycles. The van der Waals surface area contributed by atoms with E-state index < -0.39 is 11.7 Å². The smallest absolute Gasteiger partial charge is 0.247 e. The van der Waals surface area contributed by atoms with Gasteiger partial charge >= 0.3 is 0 Å². The summed E-state index contributed by atoms with van der Waals surface area (Å²) in [4.78, 5) is 10.8. The molecule has 1 aromatic rings. The molecule has 1 rings (SSSR count). The largest absolute Gasteiger partial charge is 0.322 e. The maximum absolute atomic E-state index is 12.7. The summed E-state index contributed by atoms with van der Waals surface area (Å²) in [7, 11) is 0. The summed E-state index contributed by atoms with van der Waals surface area (Å²) >= 11 is 5.56.